The van der Waals surface area contributed by atoms with Crippen molar-refractivity contribution in [2.75, 3.05) is 13.2 Å². The van der Waals surface area contributed by atoms with Crippen molar-refractivity contribution in [1.82, 2.24) is 0 Å². The van der Waals surface area contributed by atoms with Gasteiger partial charge in [-0.2, -0.15) is 0 Å². The molecule has 0 saturated heterocycles. The zero-order chi connectivity index (χ0) is 52.9. The summed E-state index contributed by atoms with van der Waals surface area (Å²) in [5.41, 5.74) is 0. The number of ether oxygens (including phenoxy) is 3. The first-order valence-electron chi connectivity index (χ1n) is 28.4. The van der Waals surface area contributed by atoms with Crippen LogP contribution in [-0.2, 0) is 28.6 Å². The maximum atomic E-state index is 12.9. The van der Waals surface area contributed by atoms with Crippen LogP contribution in [0.4, 0.5) is 0 Å². The molecule has 1 atom stereocenters. The Hall–Kier alpha value is -5.49. The van der Waals surface area contributed by atoms with Gasteiger partial charge in [-0.1, -0.05) is 254 Å². The van der Waals surface area contributed by atoms with Gasteiger partial charge in [0.25, 0.3) is 0 Å². The zero-order valence-corrected chi connectivity index (χ0v) is 46.1. The molecule has 1 unspecified atom stereocenters. The van der Waals surface area contributed by atoms with Crippen molar-refractivity contribution in [2.45, 2.75) is 207 Å². The second-order valence-corrected chi connectivity index (χ2v) is 17.9. The summed E-state index contributed by atoms with van der Waals surface area (Å²) in [5.74, 6) is -1.05. The van der Waals surface area contributed by atoms with Crippen molar-refractivity contribution in [1.29, 1.82) is 0 Å². The molecule has 0 aliphatic rings. The number of hydrogen-bond donors (Lipinski definition) is 0. The van der Waals surface area contributed by atoms with Gasteiger partial charge in [-0.05, 0) is 109 Å². The van der Waals surface area contributed by atoms with Crippen LogP contribution in [0.15, 0.2) is 182 Å². The summed E-state index contributed by atoms with van der Waals surface area (Å²) in [7, 11) is 0. The Morgan fingerprint density at radius 2 is 0.575 bits per heavy atom. The number of carbonyl (C=O) groups is 3. The van der Waals surface area contributed by atoms with Gasteiger partial charge in [-0.3, -0.25) is 14.4 Å². The third-order valence-corrected chi connectivity index (χ3v) is 11.1. The Bertz CT molecular complexity index is 1770. The number of esters is 3. The van der Waals surface area contributed by atoms with E-state index in [1.54, 1.807) is 0 Å². The predicted molar refractivity (Wildman–Crippen MR) is 315 cm³/mol. The molecule has 6 heteroatoms. The molecule has 0 aromatic rings. The number of allylic oxidation sites excluding steroid dienone is 30. The van der Waals surface area contributed by atoms with Gasteiger partial charge in [-0.25, -0.2) is 0 Å². The molecule has 0 amide bonds. The van der Waals surface area contributed by atoms with Crippen molar-refractivity contribution in [3.8, 4) is 0 Å². The van der Waals surface area contributed by atoms with Crippen molar-refractivity contribution in [2.24, 2.45) is 0 Å². The highest BCUT2D eigenvalue weighted by Crippen LogP contribution is 2.13. The minimum atomic E-state index is -0.835. The lowest BCUT2D eigenvalue weighted by molar-refractivity contribution is -0.167. The minimum absolute atomic E-state index is 0.132. The van der Waals surface area contributed by atoms with E-state index in [1.165, 1.54) is 38.5 Å². The Labute approximate surface area is 446 Å². The van der Waals surface area contributed by atoms with E-state index in [9.17, 15) is 14.4 Å². The van der Waals surface area contributed by atoms with Crippen LogP contribution in [0.5, 0.6) is 0 Å². The van der Waals surface area contributed by atoms with Crippen LogP contribution in [0.3, 0.4) is 0 Å². The summed E-state index contributed by atoms with van der Waals surface area (Å²) in [5, 5.41) is 0. The summed E-state index contributed by atoms with van der Waals surface area (Å²) in [6.07, 6.45) is 88.8. The van der Waals surface area contributed by atoms with Crippen molar-refractivity contribution < 1.29 is 28.6 Å². The molecular weight excluding hydrogens is 901 g/mol. The molecule has 0 aliphatic carbocycles. The monoisotopic (exact) mass is 1000 g/mol. The van der Waals surface area contributed by atoms with Crippen LogP contribution in [0.1, 0.15) is 201 Å². The molecule has 0 saturated carbocycles. The number of carbonyl (C=O) groups excluding carboxylic acids is 3. The molecule has 0 fully saturated rings. The number of unbranched alkanes of at least 4 members (excludes halogenated alkanes) is 13. The fraction of sp³-hybridized carbons (Fsp3) is 0.507. The lowest BCUT2D eigenvalue weighted by Crippen LogP contribution is -2.30. The maximum absolute atomic E-state index is 12.9. The number of hydrogen-bond acceptors (Lipinski definition) is 6. The molecule has 0 aromatic carbocycles. The van der Waals surface area contributed by atoms with E-state index in [2.05, 4.69) is 130 Å². The van der Waals surface area contributed by atoms with Gasteiger partial charge < -0.3 is 14.2 Å². The predicted octanol–water partition coefficient (Wildman–Crippen LogP) is 19.3. The third kappa shape index (κ3) is 57.3. The van der Waals surface area contributed by atoms with E-state index in [4.69, 9.17) is 14.2 Å². The minimum Gasteiger partial charge on any atom is -0.462 e. The van der Waals surface area contributed by atoms with Gasteiger partial charge in [0.1, 0.15) is 13.2 Å². The molecule has 0 N–H and O–H groups in total. The van der Waals surface area contributed by atoms with Gasteiger partial charge in [0, 0.05) is 19.3 Å². The average Bonchev–Trinajstić information content (AvgIpc) is 3.39. The highest BCUT2D eigenvalue weighted by Gasteiger charge is 2.19. The molecule has 0 aliphatic heterocycles. The molecule has 0 radical (unpaired) electrons. The Morgan fingerprint density at radius 3 is 1.00 bits per heavy atom. The fourth-order valence-electron chi connectivity index (χ4n) is 6.94. The first-order chi connectivity index (χ1) is 36.0. The maximum Gasteiger partial charge on any atom is 0.306 e. The van der Waals surface area contributed by atoms with Gasteiger partial charge in [0.2, 0.25) is 0 Å². The standard InChI is InChI=1S/C67H100O6/c1-4-7-10-13-16-19-22-25-28-31-33-36-39-42-45-48-51-54-57-60-66(69)72-63-64(62-71-65(68)59-56-53-50-47-44-41-38-35-30-27-24-21-18-15-12-9-6-3)73-67(70)61-58-55-52-49-46-43-40-37-34-32-29-26-23-20-17-14-11-8-5-2/h7-13,16-22,25-31,33,36,38-39,41-42,45,47,50,64H,4-6,14-15,23-24,32,34-35,37,40,43-44,46,48-49,51-63H2,1-3H3/b10-7-,11-8-,12-9-,16-13-,20-17-,21-18-,22-19-,28-25-,29-26-,30-27-,33-31+,39-36-,41-38-,45-42-,50-47-. The van der Waals surface area contributed by atoms with Crippen LogP contribution in [0.25, 0.3) is 0 Å². The summed E-state index contributed by atoms with van der Waals surface area (Å²) in [6, 6.07) is 0. The van der Waals surface area contributed by atoms with Gasteiger partial charge in [0.05, 0.1) is 0 Å². The second-order valence-electron chi connectivity index (χ2n) is 17.9. The molecule has 0 aromatic heterocycles. The second kappa shape index (κ2) is 59.1. The zero-order valence-electron chi connectivity index (χ0n) is 46.1. The van der Waals surface area contributed by atoms with E-state index < -0.39 is 6.10 Å². The molecule has 0 bridgehead atoms. The largest absolute Gasteiger partial charge is 0.462 e. The van der Waals surface area contributed by atoms with E-state index >= 15 is 0 Å². The van der Waals surface area contributed by atoms with E-state index in [0.717, 1.165) is 109 Å². The summed E-state index contributed by atoms with van der Waals surface area (Å²) < 4.78 is 16.8. The molecule has 73 heavy (non-hydrogen) atoms. The van der Waals surface area contributed by atoms with E-state index in [1.807, 2.05) is 72.9 Å². The molecule has 404 valence electrons. The summed E-state index contributed by atoms with van der Waals surface area (Å²) in [4.78, 5) is 38.2. The van der Waals surface area contributed by atoms with E-state index in [-0.39, 0.29) is 50.4 Å². The number of rotatable bonds is 48. The first-order valence-corrected chi connectivity index (χ1v) is 28.4. The quantitative estimate of drug-likeness (QED) is 0.0199. The summed E-state index contributed by atoms with van der Waals surface area (Å²) in [6.45, 7) is 6.15. The molecule has 6 nitrogen and oxygen atoms in total. The Balaban J connectivity index is 4.62. The topological polar surface area (TPSA) is 78.9 Å². The van der Waals surface area contributed by atoms with Gasteiger partial charge in [0.15, 0.2) is 6.10 Å². The third-order valence-electron chi connectivity index (χ3n) is 11.1. The SMILES string of the molecule is CC\C=C/C=C\C=C/C=C\C=C\C=C/C=C\CCCCCC(=O)OCC(COC(=O)CCC/C=C\C/C=C\C/C=C\C/C=C\C/C=C\CC)OC(=O)CCCCCCCCCCC/C=C\C/C=C\C/C=C\CC. The molecule has 0 spiro atoms. The van der Waals surface area contributed by atoms with Gasteiger partial charge in [-0.15, -0.1) is 0 Å². The normalized spacial score (nSPS) is 13.5. The molecule has 0 rings (SSSR count). The average molecular weight is 1000 g/mol. The smallest absolute Gasteiger partial charge is 0.306 e. The lowest BCUT2D eigenvalue weighted by atomic mass is 10.1. The van der Waals surface area contributed by atoms with Crippen molar-refractivity contribution in [3.05, 3.63) is 182 Å². The Morgan fingerprint density at radius 1 is 0.288 bits per heavy atom. The lowest BCUT2D eigenvalue weighted by Gasteiger charge is -2.18. The molecule has 0 heterocycles. The summed E-state index contributed by atoms with van der Waals surface area (Å²) >= 11 is 0. The highest BCUT2D eigenvalue weighted by molar-refractivity contribution is 5.71. The van der Waals surface area contributed by atoms with Crippen LogP contribution in [0, 0.1) is 0 Å². The van der Waals surface area contributed by atoms with Crippen LogP contribution in [0.2, 0.25) is 0 Å². The van der Waals surface area contributed by atoms with Crippen LogP contribution < -0.4 is 0 Å². The van der Waals surface area contributed by atoms with Crippen molar-refractivity contribution >= 4 is 17.9 Å². The van der Waals surface area contributed by atoms with Gasteiger partial charge >= 0.3 is 17.9 Å². The van der Waals surface area contributed by atoms with E-state index in [0.29, 0.717) is 12.8 Å². The molecular formula is C67H100O6. The van der Waals surface area contributed by atoms with Crippen LogP contribution in [-0.4, -0.2) is 37.2 Å². The van der Waals surface area contributed by atoms with Crippen molar-refractivity contribution in [3.63, 3.8) is 0 Å². The Kier molecular flexibility index (Phi) is 54.6. The highest BCUT2D eigenvalue weighted by atomic mass is 16.6. The first kappa shape index (κ1) is 67.5. The fourth-order valence-corrected chi connectivity index (χ4v) is 6.94. The van der Waals surface area contributed by atoms with Crippen LogP contribution >= 0.6 is 0 Å².